The second kappa shape index (κ2) is 8.08. The molecule has 0 radical (unpaired) electrons. The molecule has 1 saturated carbocycles. The van der Waals surface area contributed by atoms with E-state index < -0.39 is 0 Å². The molecule has 1 aliphatic carbocycles. The molecule has 2 atom stereocenters. The van der Waals surface area contributed by atoms with Gasteiger partial charge in [-0.25, -0.2) is 4.98 Å². The van der Waals surface area contributed by atoms with Gasteiger partial charge in [0.2, 0.25) is 0 Å². The van der Waals surface area contributed by atoms with Gasteiger partial charge in [-0.1, -0.05) is 44.0 Å². The molecular formula is C19H25N3S2. The van der Waals surface area contributed by atoms with Crippen LogP contribution in [0.4, 0.5) is 0 Å². The highest BCUT2D eigenvalue weighted by atomic mass is 32.1. The predicted molar refractivity (Wildman–Crippen MR) is 106 cm³/mol. The highest BCUT2D eigenvalue weighted by molar-refractivity contribution is 7.80. The number of nitrogens with zero attached hydrogens (tertiary/aromatic N) is 1. The van der Waals surface area contributed by atoms with Crippen LogP contribution >= 0.6 is 23.6 Å². The van der Waals surface area contributed by atoms with E-state index in [-0.39, 0.29) is 0 Å². The number of hydrogen-bond acceptors (Lipinski definition) is 3. The van der Waals surface area contributed by atoms with E-state index in [4.69, 9.17) is 12.2 Å². The van der Waals surface area contributed by atoms with E-state index in [1.807, 2.05) is 6.92 Å². The molecule has 3 nitrogen and oxygen atoms in total. The lowest BCUT2D eigenvalue weighted by Gasteiger charge is -2.30. The fourth-order valence-corrected chi connectivity index (χ4v) is 4.07. The van der Waals surface area contributed by atoms with E-state index in [9.17, 15) is 0 Å². The lowest BCUT2D eigenvalue weighted by molar-refractivity contribution is 0.308. The minimum Gasteiger partial charge on any atom is -0.360 e. The maximum Gasteiger partial charge on any atom is 0.166 e. The van der Waals surface area contributed by atoms with Crippen LogP contribution in [0, 0.1) is 12.8 Å². The van der Waals surface area contributed by atoms with Crippen LogP contribution in [-0.4, -0.2) is 16.1 Å². The summed E-state index contributed by atoms with van der Waals surface area (Å²) in [4.78, 5) is 4.53. The van der Waals surface area contributed by atoms with Gasteiger partial charge in [0.25, 0.3) is 0 Å². The summed E-state index contributed by atoms with van der Waals surface area (Å²) in [5.41, 5.74) is 3.45. The number of aromatic nitrogens is 1. The van der Waals surface area contributed by atoms with Crippen molar-refractivity contribution in [3.8, 4) is 11.3 Å². The molecule has 0 spiro atoms. The Morgan fingerprint density at radius 2 is 2.00 bits per heavy atom. The SMILES string of the molecule is Cc1nc(-c2ccc(CNC(=S)N[C@@H]3CCCC[C@H]3C)cc2)cs1. The molecule has 1 aromatic heterocycles. The smallest absolute Gasteiger partial charge is 0.166 e. The lowest BCUT2D eigenvalue weighted by atomic mass is 9.86. The Morgan fingerprint density at radius 3 is 2.67 bits per heavy atom. The number of hydrogen-bond donors (Lipinski definition) is 2. The summed E-state index contributed by atoms with van der Waals surface area (Å²) in [6.45, 7) is 5.11. The van der Waals surface area contributed by atoms with E-state index in [1.54, 1.807) is 11.3 Å². The Hall–Kier alpha value is -1.46. The third-order valence-corrected chi connectivity index (χ3v) is 5.79. The lowest BCUT2D eigenvalue weighted by Crippen LogP contribution is -2.45. The topological polar surface area (TPSA) is 37.0 Å². The Bertz CT molecular complexity index is 678. The van der Waals surface area contributed by atoms with Gasteiger partial charge in [-0.05, 0) is 43.5 Å². The normalized spacial score (nSPS) is 20.6. The van der Waals surface area contributed by atoms with Gasteiger partial charge in [0.05, 0.1) is 10.7 Å². The van der Waals surface area contributed by atoms with Crippen molar-refractivity contribution in [1.29, 1.82) is 0 Å². The van der Waals surface area contributed by atoms with Crippen molar-refractivity contribution >= 4 is 28.7 Å². The molecule has 2 aromatic rings. The molecule has 5 heteroatoms. The average Bonchev–Trinajstić information content (AvgIpc) is 3.02. The highest BCUT2D eigenvalue weighted by Crippen LogP contribution is 2.24. The molecule has 0 aliphatic heterocycles. The standard InChI is InChI=1S/C19H25N3S2/c1-13-5-3-4-6-17(13)22-19(23)20-11-15-7-9-16(10-8-15)18-12-24-14(2)21-18/h7-10,12-13,17H,3-6,11H2,1-2H3,(H2,20,22,23)/t13-,17-/m1/s1. The fraction of sp³-hybridized carbons (Fsp3) is 0.474. The van der Waals surface area contributed by atoms with E-state index in [0.29, 0.717) is 12.0 Å². The molecule has 0 saturated heterocycles. The Morgan fingerprint density at radius 1 is 1.25 bits per heavy atom. The van der Waals surface area contributed by atoms with E-state index in [1.165, 1.54) is 36.8 Å². The van der Waals surface area contributed by atoms with E-state index in [2.05, 4.69) is 52.2 Å². The van der Waals surface area contributed by atoms with Crippen LogP contribution in [0.25, 0.3) is 11.3 Å². The van der Waals surface area contributed by atoms with Crippen LogP contribution in [0.3, 0.4) is 0 Å². The van der Waals surface area contributed by atoms with Crippen LogP contribution < -0.4 is 10.6 Å². The number of benzene rings is 1. The van der Waals surface area contributed by atoms with Gasteiger partial charge < -0.3 is 10.6 Å². The second-order valence-corrected chi connectivity index (χ2v) is 8.11. The molecule has 1 aromatic carbocycles. The summed E-state index contributed by atoms with van der Waals surface area (Å²) in [5, 5.41) is 10.8. The Labute approximate surface area is 153 Å². The van der Waals surface area contributed by atoms with Crippen molar-refractivity contribution in [1.82, 2.24) is 15.6 Å². The van der Waals surface area contributed by atoms with Gasteiger partial charge in [-0.15, -0.1) is 11.3 Å². The number of aryl methyl sites for hydroxylation is 1. The monoisotopic (exact) mass is 359 g/mol. The third kappa shape index (κ3) is 4.54. The van der Waals surface area contributed by atoms with Crippen LogP contribution in [0.2, 0.25) is 0 Å². The van der Waals surface area contributed by atoms with Crippen LogP contribution in [-0.2, 0) is 6.54 Å². The molecule has 3 rings (SSSR count). The first-order valence-corrected chi connectivity index (χ1v) is 9.96. The summed E-state index contributed by atoms with van der Waals surface area (Å²) in [7, 11) is 0. The number of nitrogens with one attached hydrogen (secondary N) is 2. The summed E-state index contributed by atoms with van der Waals surface area (Å²) >= 11 is 7.15. The zero-order chi connectivity index (χ0) is 16.9. The molecule has 24 heavy (non-hydrogen) atoms. The maximum absolute atomic E-state index is 5.46. The molecular weight excluding hydrogens is 334 g/mol. The number of thiocarbonyl (C=S) groups is 1. The Balaban J connectivity index is 1.50. The number of thiazole rings is 1. The molecule has 128 valence electrons. The highest BCUT2D eigenvalue weighted by Gasteiger charge is 2.21. The van der Waals surface area contributed by atoms with Gasteiger partial charge in [-0.2, -0.15) is 0 Å². The van der Waals surface area contributed by atoms with Crippen molar-refractivity contribution in [2.24, 2.45) is 5.92 Å². The van der Waals surface area contributed by atoms with Crippen LogP contribution in [0.1, 0.15) is 43.2 Å². The third-order valence-electron chi connectivity index (χ3n) is 4.75. The molecule has 1 heterocycles. The summed E-state index contributed by atoms with van der Waals surface area (Å²) in [5.74, 6) is 0.708. The maximum atomic E-state index is 5.46. The van der Waals surface area contributed by atoms with Gasteiger partial charge >= 0.3 is 0 Å². The zero-order valence-electron chi connectivity index (χ0n) is 14.3. The van der Waals surface area contributed by atoms with Crippen LogP contribution in [0.5, 0.6) is 0 Å². The molecule has 1 aliphatic rings. The van der Waals surface area contributed by atoms with Crippen molar-refractivity contribution in [2.45, 2.75) is 52.1 Å². The average molecular weight is 360 g/mol. The first-order chi connectivity index (χ1) is 11.6. The van der Waals surface area contributed by atoms with Crippen molar-refractivity contribution in [3.05, 3.63) is 40.2 Å². The van der Waals surface area contributed by atoms with Crippen molar-refractivity contribution in [3.63, 3.8) is 0 Å². The van der Waals surface area contributed by atoms with Gasteiger partial charge in [0.15, 0.2) is 5.11 Å². The van der Waals surface area contributed by atoms with E-state index >= 15 is 0 Å². The Kier molecular flexibility index (Phi) is 5.85. The van der Waals surface area contributed by atoms with Crippen LogP contribution in [0.15, 0.2) is 29.6 Å². The summed E-state index contributed by atoms with van der Waals surface area (Å²) in [6, 6.07) is 9.07. The minimum absolute atomic E-state index is 0.522. The van der Waals surface area contributed by atoms with Gasteiger partial charge in [0.1, 0.15) is 0 Å². The van der Waals surface area contributed by atoms with Crippen molar-refractivity contribution < 1.29 is 0 Å². The van der Waals surface area contributed by atoms with Gasteiger partial charge in [0, 0.05) is 23.5 Å². The molecule has 0 unspecified atom stereocenters. The molecule has 0 amide bonds. The first kappa shape index (κ1) is 17.4. The summed E-state index contributed by atoms with van der Waals surface area (Å²) < 4.78 is 0. The quantitative estimate of drug-likeness (QED) is 0.779. The predicted octanol–water partition coefficient (Wildman–Crippen LogP) is 4.66. The minimum atomic E-state index is 0.522. The van der Waals surface area contributed by atoms with Crippen molar-refractivity contribution in [2.75, 3.05) is 0 Å². The number of rotatable bonds is 4. The molecule has 1 fully saturated rings. The second-order valence-electron chi connectivity index (χ2n) is 6.64. The molecule has 0 bridgehead atoms. The van der Waals surface area contributed by atoms with Gasteiger partial charge in [-0.3, -0.25) is 0 Å². The zero-order valence-corrected chi connectivity index (χ0v) is 16.0. The fourth-order valence-electron chi connectivity index (χ4n) is 3.22. The largest absolute Gasteiger partial charge is 0.360 e. The summed E-state index contributed by atoms with van der Waals surface area (Å²) in [6.07, 6.45) is 5.19. The molecule has 2 N–H and O–H groups in total. The first-order valence-electron chi connectivity index (χ1n) is 8.67. The van der Waals surface area contributed by atoms with E-state index in [0.717, 1.165) is 22.4 Å².